The van der Waals surface area contributed by atoms with Gasteiger partial charge in [-0.25, -0.2) is 9.37 Å². The molecule has 2 aromatic heterocycles. The van der Waals surface area contributed by atoms with E-state index in [2.05, 4.69) is 37.2 Å². The summed E-state index contributed by atoms with van der Waals surface area (Å²) in [7, 11) is 0. The lowest BCUT2D eigenvalue weighted by atomic mass is 10.2. The van der Waals surface area contributed by atoms with Crippen LogP contribution < -0.4 is 0 Å². The van der Waals surface area contributed by atoms with Crippen molar-refractivity contribution in [1.29, 1.82) is 0 Å². The first-order valence-electron chi connectivity index (χ1n) is 10.3. The van der Waals surface area contributed by atoms with Crippen LogP contribution in [0.25, 0.3) is 16.3 Å². The predicted octanol–water partition coefficient (Wildman–Crippen LogP) is 5.42. The Morgan fingerprint density at radius 1 is 0.968 bits per heavy atom. The number of likely N-dealkylation sites (tertiary alicyclic amines) is 1. The van der Waals surface area contributed by atoms with E-state index in [-0.39, 0.29) is 5.82 Å². The maximum absolute atomic E-state index is 13.2. The fraction of sp³-hybridized carbons (Fsp3) is 0.261. The van der Waals surface area contributed by atoms with Crippen LogP contribution in [-0.4, -0.2) is 37.7 Å². The Hall–Kier alpha value is -2.55. The summed E-state index contributed by atoms with van der Waals surface area (Å²) in [4.78, 5) is 7.16. The number of benzene rings is 2. The number of aromatic nitrogens is 4. The number of thioether (sulfide) groups is 1. The van der Waals surface area contributed by atoms with Crippen LogP contribution >= 0.6 is 23.1 Å². The van der Waals surface area contributed by atoms with Crippen molar-refractivity contribution in [1.82, 2.24) is 24.6 Å². The Morgan fingerprint density at radius 2 is 1.74 bits per heavy atom. The van der Waals surface area contributed by atoms with Crippen LogP contribution in [0.5, 0.6) is 0 Å². The first kappa shape index (κ1) is 20.4. The second-order valence-electron chi connectivity index (χ2n) is 7.49. The van der Waals surface area contributed by atoms with Gasteiger partial charge in [0.1, 0.15) is 10.8 Å². The van der Waals surface area contributed by atoms with Gasteiger partial charge in [-0.05, 0) is 62.3 Å². The summed E-state index contributed by atoms with van der Waals surface area (Å²) in [6.45, 7) is 3.05. The van der Waals surface area contributed by atoms with Crippen molar-refractivity contribution in [2.75, 3.05) is 13.1 Å². The fourth-order valence-electron chi connectivity index (χ4n) is 3.71. The average molecular weight is 452 g/mol. The molecular weight excluding hydrogens is 429 g/mol. The molecule has 0 bridgehead atoms. The monoisotopic (exact) mass is 451 g/mol. The van der Waals surface area contributed by atoms with E-state index in [0.717, 1.165) is 52.6 Å². The third-order valence-corrected chi connectivity index (χ3v) is 7.17. The molecule has 5 nitrogen and oxygen atoms in total. The van der Waals surface area contributed by atoms with E-state index in [1.165, 1.54) is 25.0 Å². The van der Waals surface area contributed by atoms with Crippen molar-refractivity contribution in [2.24, 2.45) is 0 Å². The van der Waals surface area contributed by atoms with E-state index < -0.39 is 0 Å². The summed E-state index contributed by atoms with van der Waals surface area (Å²) in [6, 6.07) is 16.8. The third-order valence-electron chi connectivity index (χ3n) is 5.27. The number of halogens is 1. The Balaban J connectivity index is 1.35. The van der Waals surface area contributed by atoms with Gasteiger partial charge in [-0.2, -0.15) is 0 Å². The molecule has 1 aliphatic heterocycles. The summed E-state index contributed by atoms with van der Waals surface area (Å²) in [5.74, 6) is 1.44. The van der Waals surface area contributed by atoms with Crippen LogP contribution in [0.4, 0.5) is 4.39 Å². The average Bonchev–Trinajstić information content (AvgIpc) is 3.55. The minimum atomic E-state index is -0.235. The molecule has 158 valence electrons. The van der Waals surface area contributed by atoms with Gasteiger partial charge < -0.3 is 0 Å². The second kappa shape index (κ2) is 9.30. The molecule has 8 heteroatoms. The molecule has 5 rings (SSSR count). The van der Waals surface area contributed by atoms with E-state index in [4.69, 9.17) is 4.98 Å². The normalized spacial score (nSPS) is 14.4. The zero-order chi connectivity index (χ0) is 21.0. The minimum Gasteiger partial charge on any atom is -0.296 e. The molecule has 31 heavy (non-hydrogen) atoms. The lowest BCUT2D eigenvalue weighted by Crippen LogP contribution is -2.21. The maximum Gasteiger partial charge on any atom is 0.196 e. The molecular formula is C23H22FN5S2. The highest BCUT2D eigenvalue weighted by atomic mass is 32.2. The molecule has 0 aliphatic carbocycles. The van der Waals surface area contributed by atoms with Gasteiger partial charge >= 0.3 is 0 Å². The number of hydrogen-bond donors (Lipinski definition) is 0. The largest absolute Gasteiger partial charge is 0.296 e. The van der Waals surface area contributed by atoms with Crippen LogP contribution in [0.15, 0.2) is 65.1 Å². The van der Waals surface area contributed by atoms with E-state index in [0.29, 0.717) is 5.75 Å². The van der Waals surface area contributed by atoms with Gasteiger partial charge in [0.05, 0.1) is 12.2 Å². The molecule has 3 heterocycles. The van der Waals surface area contributed by atoms with Gasteiger partial charge in [0.2, 0.25) is 0 Å². The van der Waals surface area contributed by atoms with Gasteiger partial charge in [-0.1, -0.05) is 30.0 Å². The molecule has 2 aromatic carbocycles. The molecule has 0 N–H and O–H groups in total. The summed E-state index contributed by atoms with van der Waals surface area (Å²) in [5, 5.41) is 12.9. The number of rotatable bonds is 7. The van der Waals surface area contributed by atoms with Crippen molar-refractivity contribution in [2.45, 2.75) is 30.3 Å². The summed E-state index contributed by atoms with van der Waals surface area (Å²) in [5.41, 5.74) is 3.00. The zero-order valence-electron chi connectivity index (χ0n) is 16.9. The number of para-hydroxylation sites is 1. The van der Waals surface area contributed by atoms with E-state index in [1.807, 2.05) is 18.2 Å². The van der Waals surface area contributed by atoms with E-state index in [9.17, 15) is 4.39 Å². The smallest absolute Gasteiger partial charge is 0.196 e. The van der Waals surface area contributed by atoms with Crippen LogP contribution in [0.1, 0.15) is 24.4 Å². The summed E-state index contributed by atoms with van der Waals surface area (Å²) < 4.78 is 15.3. The van der Waals surface area contributed by atoms with Crippen molar-refractivity contribution in [3.8, 4) is 16.3 Å². The first-order chi connectivity index (χ1) is 15.3. The molecule has 1 aliphatic rings. The topological polar surface area (TPSA) is 46.8 Å². The highest BCUT2D eigenvalue weighted by Gasteiger charge is 2.19. The van der Waals surface area contributed by atoms with Crippen LogP contribution in [0.3, 0.4) is 0 Å². The van der Waals surface area contributed by atoms with Crippen molar-refractivity contribution < 1.29 is 4.39 Å². The van der Waals surface area contributed by atoms with Crippen molar-refractivity contribution >= 4 is 23.1 Å². The molecule has 0 spiro atoms. The Morgan fingerprint density at radius 3 is 2.52 bits per heavy atom. The standard InChI is InChI=1S/C23H22FN5S2/c24-18-10-8-17(9-11-18)22-25-19(15-30-22)16-31-23-27-26-21(14-28-12-4-5-13-28)29(23)20-6-2-1-3-7-20/h1-3,6-11,15H,4-5,12-14,16H2. The molecule has 1 saturated heterocycles. The molecule has 4 aromatic rings. The van der Waals surface area contributed by atoms with Gasteiger partial charge in [-0.3, -0.25) is 9.47 Å². The Labute approximate surface area is 189 Å². The Bertz CT molecular complexity index is 1130. The highest BCUT2D eigenvalue weighted by Crippen LogP contribution is 2.29. The lowest BCUT2D eigenvalue weighted by Gasteiger charge is -2.15. The van der Waals surface area contributed by atoms with Gasteiger partial charge in [0, 0.05) is 22.4 Å². The molecule has 0 unspecified atom stereocenters. The summed E-state index contributed by atoms with van der Waals surface area (Å²) in [6.07, 6.45) is 2.50. The lowest BCUT2D eigenvalue weighted by molar-refractivity contribution is 0.319. The number of nitrogens with zero attached hydrogens (tertiary/aromatic N) is 5. The van der Waals surface area contributed by atoms with Gasteiger partial charge in [0.15, 0.2) is 11.0 Å². The second-order valence-corrected chi connectivity index (χ2v) is 9.29. The maximum atomic E-state index is 13.2. The predicted molar refractivity (Wildman–Crippen MR) is 123 cm³/mol. The van der Waals surface area contributed by atoms with Crippen LogP contribution in [0.2, 0.25) is 0 Å². The van der Waals surface area contributed by atoms with Crippen LogP contribution in [0, 0.1) is 5.82 Å². The van der Waals surface area contributed by atoms with Gasteiger partial charge in [0.25, 0.3) is 0 Å². The molecule has 1 fully saturated rings. The SMILES string of the molecule is Fc1ccc(-c2nc(CSc3nnc(CN4CCCC4)n3-c3ccccc3)cs2)cc1. The van der Waals surface area contributed by atoms with Crippen molar-refractivity contribution in [3.05, 3.63) is 77.3 Å². The molecule has 0 amide bonds. The van der Waals surface area contributed by atoms with E-state index >= 15 is 0 Å². The fourth-order valence-corrected chi connectivity index (χ4v) is 5.50. The number of thiazole rings is 1. The zero-order valence-corrected chi connectivity index (χ0v) is 18.6. The Kier molecular flexibility index (Phi) is 6.11. The van der Waals surface area contributed by atoms with E-state index in [1.54, 1.807) is 35.2 Å². The molecule has 0 radical (unpaired) electrons. The highest BCUT2D eigenvalue weighted by molar-refractivity contribution is 7.98. The van der Waals surface area contributed by atoms with Crippen LogP contribution in [-0.2, 0) is 12.3 Å². The molecule has 0 atom stereocenters. The minimum absolute atomic E-state index is 0.235. The summed E-state index contributed by atoms with van der Waals surface area (Å²) >= 11 is 3.21. The quantitative estimate of drug-likeness (QED) is 0.351. The third kappa shape index (κ3) is 4.71. The molecule has 0 saturated carbocycles. The van der Waals surface area contributed by atoms with Crippen molar-refractivity contribution in [3.63, 3.8) is 0 Å². The first-order valence-corrected chi connectivity index (χ1v) is 12.2. The number of hydrogen-bond acceptors (Lipinski definition) is 6. The van der Waals surface area contributed by atoms with Gasteiger partial charge in [-0.15, -0.1) is 21.5 Å².